The van der Waals surface area contributed by atoms with Gasteiger partial charge < -0.3 is 30.0 Å². The van der Waals surface area contributed by atoms with Crippen molar-refractivity contribution in [3.05, 3.63) is 0 Å². The van der Waals surface area contributed by atoms with E-state index in [1.165, 1.54) is 0 Å². The number of thioether (sulfide) groups is 1. The third-order valence-electron chi connectivity index (χ3n) is 0.661. The van der Waals surface area contributed by atoms with Gasteiger partial charge in [0.25, 0.3) is 0 Å². The first-order chi connectivity index (χ1) is 6.36. The van der Waals surface area contributed by atoms with Gasteiger partial charge in [0.2, 0.25) is 0 Å². The number of hydrogen-bond acceptors (Lipinski definition) is 9. The fraction of sp³-hybridized carbons (Fsp3) is 0.500. The molecule has 0 amide bonds. The summed E-state index contributed by atoms with van der Waals surface area (Å²) in [5.41, 5.74) is -4.13. The van der Waals surface area contributed by atoms with E-state index in [-0.39, 0.29) is 11.8 Å². The number of carbonyl (C=O) groups is 2. The maximum absolute atomic E-state index is 9.75. The normalized spacial score (nSPS) is 12.7. The summed E-state index contributed by atoms with van der Waals surface area (Å²) in [5.74, 6) is -3.73. The summed E-state index contributed by atoms with van der Waals surface area (Å²) in [5, 5.41) is 36.3. The molecule has 0 spiro atoms. The van der Waals surface area contributed by atoms with Crippen molar-refractivity contribution in [1.29, 1.82) is 0 Å². The summed E-state index contributed by atoms with van der Waals surface area (Å²) in [6.45, 7) is 0. The molecule has 0 aliphatic rings. The quantitative estimate of drug-likeness (QED) is 0.404. The molecule has 0 saturated carbocycles. The molecule has 0 saturated heterocycles. The summed E-state index contributed by atoms with van der Waals surface area (Å²) in [7, 11) is 0. The van der Waals surface area contributed by atoms with E-state index in [2.05, 4.69) is 0 Å². The van der Waals surface area contributed by atoms with Crippen LogP contribution in [0.25, 0.3) is 0 Å². The fourth-order valence-corrected chi connectivity index (χ4v) is 0.700. The molecule has 2 atom stereocenters. The van der Waals surface area contributed by atoms with Crippen LogP contribution in [0, 0.1) is 27.8 Å². The summed E-state index contributed by atoms with van der Waals surface area (Å²) >= 11 is -2.60. The van der Waals surface area contributed by atoms with Gasteiger partial charge in [-0.25, -0.2) is 0 Å². The summed E-state index contributed by atoms with van der Waals surface area (Å²) in [4.78, 5) is 19.5. The second kappa shape index (κ2) is 9.42. The first-order valence-corrected chi connectivity index (χ1v) is 7.13. The minimum atomic E-state index is -2.51. The van der Waals surface area contributed by atoms with Crippen LogP contribution in [0.3, 0.4) is 0 Å². The van der Waals surface area contributed by atoms with Gasteiger partial charge in [-0.1, -0.05) is 11.8 Å². The first kappa shape index (κ1) is 16.3. The van der Waals surface area contributed by atoms with Gasteiger partial charge in [-0.3, -0.25) is 0 Å². The van der Waals surface area contributed by atoms with E-state index in [4.69, 9.17) is 14.7 Å². The molecule has 2 N–H and O–H groups in total. The van der Waals surface area contributed by atoms with Crippen molar-refractivity contribution >= 4 is 23.7 Å². The molecule has 0 bridgehead atoms. The number of aliphatic carboxylic acids is 2. The number of rotatable bonds is 4. The first-order valence-electron chi connectivity index (χ1n) is 2.79. The maximum atomic E-state index is 9.75. The molecule has 0 aliphatic carbocycles. The third-order valence-corrected chi connectivity index (χ3v) is 1.56. The van der Waals surface area contributed by atoms with Crippen LogP contribution < -0.4 is 10.2 Å². The summed E-state index contributed by atoms with van der Waals surface area (Å²) < 4.78 is 17.2. The van der Waals surface area contributed by atoms with E-state index in [1.54, 1.807) is 0 Å². The van der Waals surface area contributed by atoms with Gasteiger partial charge in [0.05, 0.1) is 11.9 Å². The van der Waals surface area contributed by atoms with Crippen LogP contribution in [0.2, 0.25) is 0 Å². The molecule has 2 unspecified atom stereocenters. The van der Waals surface area contributed by atoms with E-state index < -0.39 is 50.6 Å². The molecule has 0 fully saturated rings. The number of carboxylic acid groups (broad SMARTS) is 2. The zero-order valence-electron chi connectivity index (χ0n) is 6.41. The van der Waals surface area contributed by atoms with Crippen LogP contribution in [0.15, 0.2) is 0 Å². The number of carboxylic acids is 2. The van der Waals surface area contributed by atoms with Crippen LogP contribution in [-0.2, 0) is 14.1 Å². The Morgan fingerprint density at radius 2 is 1.29 bits per heavy atom. The molecule has 0 aromatic heterocycles. The Labute approximate surface area is 96.5 Å². The van der Waals surface area contributed by atoms with Gasteiger partial charge in [-0.05, 0) is 0 Å². The molecule has 0 rings (SSSR count). The molecule has 0 aromatic rings. The Bertz CT molecular complexity index is 217. The Hall–Kier alpha value is -0.138. The average Bonchev–Trinajstić information content (AvgIpc) is 2.05. The Morgan fingerprint density at radius 1 is 1.07 bits per heavy atom. The molecule has 0 aliphatic heterocycles. The van der Waals surface area contributed by atoms with Crippen molar-refractivity contribution in [3.8, 4) is 0 Å². The number of hydrogen-bond donors (Lipinski definition) is 2. The van der Waals surface area contributed by atoms with Crippen LogP contribution in [0.5, 0.6) is 0 Å². The van der Waals surface area contributed by atoms with E-state index in [9.17, 15) is 19.8 Å². The van der Waals surface area contributed by atoms with E-state index in [0.717, 1.165) is 0 Å². The Kier molecular flexibility index (Phi) is 11.0. The summed E-state index contributed by atoms with van der Waals surface area (Å²) in [6.07, 6.45) is 0. The molecule has 10 heteroatoms. The number of carbonyl (C=O) groups excluding carboxylic acids is 2. The molecule has 8 nitrogen and oxygen atoms in total. The van der Waals surface area contributed by atoms with Crippen molar-refractivity contribution in [2.75, 3.05) is 0 Å². The Morgan fingerprint density at radius 3 is 1.43 bits per heavy atom. The van der Waals surface area contributed by atoms with Crippen molar-refractivity contribution in [2.24, 2.45) is 0 Å². The van der Waals surface area contributed by atoms with Crippen molar-refractivity contribution in [1.82, 2.24) is 0 Å². The van der Waals surface area contributed by atoms with Gasteiger partial charge in [0, 0.05) is 0 Å². The van der Waals surface area contributed by atoms with E-state index >= 15 is 0 Å². The molecule has 0 heterocycles. The third kappa shape index (κ3) is 9.95. The predicted octanol–water partition coefficient (Wildman–Crippen LogP) is -4.38. The van der Waals surface area contributed by atoms with Gasteiger partial charge in [0.1, 0.15) is 10.9 Å². The predicted molar refractivity (Wildman–Crippen MR) is 31.0 cm³/mol. The fourth-order valence-electron chi connectivity index (χ4n) is 0.233. The minimum absolute atomic E-state index is 0.0972. The van der Waals surface area contributed by atoms with Crippen LogP contribution in [0.1, 0.15) is 0 Å². The number of aliphatic hydroxyl groups excluding tert-OH is 2. The average molecular weight is 450 g/mol. The molecular formula is C4H4O8SU. The van der Waals surface area contributed by atoms with Gasteiger partial charge in [0.15, 0.2) is 0 Å². The molecule has 0 radical (unpaired) electrons. The van der Waals surface area contributed by atoms with Crippen molar-refractivity contribution < 1.29 is 62.3 Å². The second-order valence-electron chi connectivity index (χ2n) is 1.56. The zero-order chi connectivity index (χ0) is 11.7. The second-order valence-corrected chi connectivity index (χ2v) is 3.42. The van der Waals surface area contributed by atoms with Crippen molar-refractivity contribution in [3.63, 3.8) is 0 Å². The van der Waals surface area contributed by atoms with E-state index in [1.807, 2.05) is 0 Å². The standard InChI is InChI=1S/C4H6O6S.2O.U/c5-1(6)3(9)11-4(10)2(7)8;;;/h3-4,9-10H,(H,5,6)(H,7,8);;;/q;;;+2/p-2. The molecule has 14 heavy (non-hydrogen) atoms. The van der Waals surface area contributed by atoms with Crippen LogP contribution in [0.4, 0.5) is 0 Å². The summed E-state index contributed by atoms with van der Waals surface area (Å²) in [6, 6.07) is 0. The van der Waals surface area contributed by atoms with Crippen molar-refractivity contribution in [2.45, 2.75) is 10.9 Å². The van der Waals surface area contributed by atoms with Gasteiger partial charge in [-0.15, -0.1) is 0 Å². The molecule has 0 aromatic carbocycles. The van der Waals surface area contributed by atoms with Gasteiger partial charge in [-0.2, -0.15) is 0 Å². The molecular weight excluding hydrogens is 446 g/mol. The van der Waals surface area contributed by atoms with Gasteiger partial charge >= 0.3 is 32.3 Å². The topological polar surface area (TPSA) is 155 Å². The number of aliphatic hydroxyl groups is 2. The molecule has 78 valence electrons. The van der Waals surface area contributed by atoms with E-state index in [0.29, 0.717) is 0 Å². The zero-order valence-corrected chi connectivity index (χ0v) is 11.4. The SMILES string of the molecule is O=C([O-])C(O)SC(O)C(=O)[O-].[O]=[U+2]=[O]. The van der Waals surface area contributed by atoms with Crippen LogP contribution >= 0.6 is 11.8 Å². The Balaban J connectivity index is 0. The monoisotopic (exact) mass is 450 g/mol. The van der Waals surface area contributed by atoms with Crippen LogP contribution in [-0.4, -0.2) is 33.0 Å².